The maximum Gasteiger partial charge on any atom is 0.326 e. The van der Waals surface area contributed by atoms with E-state index in [1.165, 1.54) is 11.3 Å². The molecule has 2 aromatic rings. The van der Waals surface area contributed by atoms with Crippen LogP contribution >= 0.6 is 11.3 Å². The van der Waals surface area contributed by atoms with Gasteiger partial charge in [-0.3, -0.25) is 4.79 Å². The molecule has 0 radical (unpaired) electrons. The normalized spacial score (nSPS) is 12.7. The van der Waals surface area contributed by atoms with Crippen molar-refractivity contribution in [1.29, 1.82) is 0 Å². The van der Waals surface area contributed by atoms with E-state index in [1.54, 1.807) is 5.51 Å². The molecule has 23 heavy (non-hydrogen) atoms. The molecule has 122 valence electrons. The van der Waals surface area contributed by atoms with E-state index >= 15 is 0 Å². The lowest BCUT2D eigenvalue weighted by atomic mass is 9.91. The predicted octanol–water partition coefficient (Wildman–Crippen LogP) is 2.87. The molecule has 1 heterocycles. The molecule has 0 saturated heterocycles. The van der Waals surface area contributed by atoms with E-state index in [9.17, 15) is 14.7 Å². The van der Waals surface area contributed by atoms with E-state index < -0.39 is 12.0 Å². The number of benzene rings is 1. The first kappa shape index (κ1) is 17.1. The smallest absolute Gasteiger partial charge is 0.326 e. The summed E-state index contributed by atoms with van der Waals surface area (Å²) in [6.45, 7) is 5.91. The van der Waals surface area contributed by atoms with Crippen LogP contribution in [0.1, 0.15) is 41.7 Å². The number of amides is 1. The molecule has 2 rings (SSSR count). The number of hydrogen-bond donors (Lipinski definition) is 2. The molecule has 1 unspecified atom stereocenters. The van der Waals surface area contributed by atoms with Crippen molar-refractivity contribution < 1.29 is 14.7 Å². The van der Waals surface area contributed by atoms with Gasteiger partial charge in [0.1, 0.15) is 10.9 Å². The second kappa shape index (κ2) is 6.91. The summed E-state index contributed by atoms with van der Waals surface area (Å²) in [4.78, 5) is 28.7. The third-order valence-electron chi connectivity index (χ3n) is 3.37. The third kappa shape index (κ3) is 4.39. The topological polar surface area (TPSA) is 79.3 Å². The van der Waals surface area contributed by atoms with Gasteiger partial charge in [0.2, 0.25) is 0 Å². The molecule has 2 N–H and O–H groups in total. The number of carboxylic acids is 1. The molecule has 1 amide bonds. The van der Waals surface area contributed by atoms with Crippen LogP contribution in [0.3, 0.4) is 0 Å². The standard InChI is InChI=1S/C17H20N2O3S/c1-17(2,3)14-13(23-10-18-14)15(20)19-12(16(21)22)9-11-7-5-4-6-8-11/h4-8,10,12H,9H2,1-3H3,(H,19,20)(H,21,22). The number of nitrogens with zero attached hydrogens (tertiary/aromatic N) is 1. The van der Waals surface area contributed by atoms with Gasteiger partial charge in [-0.15, -0.1) is 11.3 Å². The molecule has 5 nitrogen and oxygen atoms in total. The van der Waals surface area contributed by atoms with E-state index in [4.69, 9.17) is 0 Å². The fourth-order valence-electron chi connectivity index (χ4n) is 2.22. The summed E-state index contributed by atoms with van der Waals surface area (Å²) in [5.74, 6) is -1.44. The lowest BCUT2D eigenvalue weighted by molar-refractivity contribution is -0.139. The summed E-state index contributed by atoms with van der Waals surface area (Å²) >= 11 is 1.23. The van der Waals surface area contributed by atoms with Crippen LogP contribution in [0.25, 0.3) is 0 Å². The molecule has 0 fully saturated rings. The van der Waals surface area contributed by atoms with Crippen molar-refractivity contribution in [3.63, 3.8) is 0 Å². The Hall–Kier alpha value is -2.21. The average molecular weight is 332 g/mol. The highest BCUT2D eigenvalue weighted by molar-refractivity contribution is 7.11. The highest BCUT2D eigenvalue weighted by Gasteiger charge is 2.28. The molecule has 0 aliphatic carbocycles. The van der Waals surface area contributed by atoms with Crippen LogP contribution in [0.15, 0.2) is 35.8 Å². The quantitative estimate of drug-likeness (QED) is 0.882. The summed E-state index contributed by atoms with van der Waals surface area (Å²) in [6.07, 6.45) is 0.242. The summed E-state index contributed by atoms with van der Waals surface area (Å²) in [5, 5.41) is 12.0. The minimum absolute atomic E-state index is 0.242. The Labute approximate surface area is 139 Å². The molecule has 0 spiro atoms. The van der Waals surface area contributed by atoms with Gasteiger partial charge in [0.25, 0.3) is 5.91 Å². The van der Waals surface area contributed by atoms with Crippen molar-refractivity contribution in [2.45, 2.75) is 38.6 Å². The van der Waals surface area contributed by atoms with Crippen molar-refractivity contribution >= 4 is 23.2 Å². The van der Waals surface area contributed by atoms with Crippen LogP contribution < -0.4 is 5.32 Å². The minimum atomic E-state index is -1.05. The Morgan fingerprint density at radius 3 is 2.48 bits per heavy atom. The number of rotatable bonds is 5. The molecule has 6 heteroatoms. The molecule has 0 aliphatic rings. The number of aromatic nitrogens is 1. The van der Waals surface area contributed by atoms with E-state index in [0.717, 1.165) is 5.56 Å². The average Bonchev–Trinajstić information content (AvgIpc) is 2.97. The first-order valence-corrected chi connectivity index (χ1v) is 8.18. The van der Waals surface area contributed by atoms with E-state index in [1.807, 2.05) is 51.1 Å². The van der Waals surface area contributed by atoms with Gasteiger partial charge in [0.15, 0.2) is 0 Å². The molecular weight excluding hydrogens is 312 g/mol. The van der Waals surface area contributed by atoms with Gasteiger partial charge < -0.3 is 10.4 Å². The fourth-order valence-corrected chi connectivity index (χ4v) is 3.12. The monoisotopic (exact) mass is 332 g/mol. The molecule has 0 bridgehead atoms. The van der Waals surface area contributed by atoms with Crippen molar-refractivity contribution in [1.82, 2.24) is 10.3 Å². The number of aliphatic carboxylic acids is 1. The summed E-state index contributed by atoms with van der Waals surface area (Å²) in [5.41, 5.74) is 2.89. The Bertz CT molecular complexity index is 689. The molecule has 1 aromatic carbocycles. The van der Waals surface area contributed by atoms with Crippen LogP contribution in [0.4, 0.5) is 0 Å². The van der Waals surface area contributed by atoms with Gasteiger partial charge in [0.05, 0.1) is 11.2 Å². The van der Waals surface area contributed by atoms with E-state index in [-0.39, 0.29) is 17.7 Å². The zero-order valence-electron chi connectivity index (χ0n) is 13.4. The largest absolute Gasteiger partial charge is 0.480 e. The molecular formula is C17H20N2O3S. The summed E-state index contributed by atoms with van der Waals surface area (Å²) in [7, 11) is 0. The lowest BCUT2D eigenvalue weighted by Crippen LogP contribution is -2.42. The van der Waals surface area contributed by atoms with Crippen molar-refractivity contribution in [2.24, 2.45) is 0 Å². The third-order valence-corrected chi connectivity index (χ3v) is 4.20. The SMILES string of the molecule is CC(C)(C)c1ncsc1C(=O)NC(Cc1ccccc1)C(=O)O. The van der Waals surface area contributed by atoms with Gasteiger partial charge in [-0.2, -0.15) is 0 Å². The predicted molar refractivity (Wildman–Crippen MR) is 89.9 cm³/mol. The van der Waals surface area contributed by atoms with Crippen molar-refractivity contribution in [2.75, 3.05) is 0 Å². The minimum Gasteiger partial charge on any atom is -0.480 e. The maximum absolute atomic E-state index is 12.5. The van der Waals surface area contributed by atoms with Gasteiger partial charge >= 0.3 is 5.97 Å². The van der Waals surface area contributed by atoms with Crippen molar-refractivity contribution in [3.05, 3.63) is 52.0 Å². The zero-order valence-corrected chi connectivity index (χ0v) is 14.2. The number of nitrogens with one attached hydrogen (secondary N) is 1. The Balaban J connectivity index is 2.16. The van der Waals surface area contributed by atoms with Gasteiger partial charge in [-0.05, 0) is 5.56 Å². The van der Waals surface area contributed by atoms with Gasteiger partial charge in [-0.1, -0.05) is 51.1 Å². The van der Waals surface area contributed by atoms with Crippen LogP contribution in [-0.2, 0) is 16.6 Å². The second-order valence-electron chi connectivity index (χ2n) is 6.33. The number of carboxylic acid groups (broad SMARTS) is 1. The zero-order chi connectivity index (χ0) is 17.0. The first-order valence-electron chi connectivity index (χ1n) is 7.30. The van der Waals surface area contributed by atoms with Crippen molar-refractivity contribution in [3.8, 4) is 0 Å². The Kier molecular flexibility index (Phi) is 5.15. The van der Waals surface area contributed by atoms with Crippen LogP contribution in [0.2, 0.25) is 0 Å². The number of carbonyl (C=O) groups is 2. The highest BCUT2D eigenvalue weighted by Crippen LogP contribution is 2.27. The number of carbonyl (C=O) groups excluding carboxylic acids is 1. The van der Waals surface area contributed by atoms with Crippen LogP contribution in [-0.4, -0.2) is 28.0 Å². The van der Waals surface area contributed by atoms with E-state index in [2.05, 4.69) is 10.3 Å². The Morgan fingerprint density at radius 2 is 1.91 bits per heavy atom. The van der Waals surface area contributed by atoms with E-state index in [0.29, 0.717) is 10.6 Å². The summed E-state index contributed by atoms with van der Waals surface area (Å²) < 4.78 is 0. The van der Waals surface area contributed by atoms with Crippen LogP contribution in [0, 0.1) is 0 Å². The van der Waals surface area contributed by atoms with Crippen LogP contribution in [0.5, 0.6) is 0 Å². The van der Waals surface area contributed by atoms with Gasteiger partial charge in [-0.25, -0.2) is 9.78 Å². The molecule has 0 aliphatic heterocycles. The maximum atomic E-state index is 12.5. The number of thiazole rings is 1. The fraction of sp³-hybridized carbons (Fsp3) is 0.353. The highest BCUT2D eigenvalue weighted by atomic mass is 32.1. The first-order chi connectivity index (χ1) is 10.8. The molecule has 0 saturated carbocycles. The second-order valence-corrected chi connectivity index (χ2v) is 7.19. The van der Waals surface area contributed by atoms with Gasteiger partial charge in [0, 0.05) is 11.8 Å². The summed E-state index contributed by atoms with van der Waals surface area (Å²) in [6, 6.07) is 8.27. The lowest BCUT2D eigenvalue weighted by Gasteiger charge is -2.19. The molecule has 1 aromatic heterocycles. The Morgan fingerprint density at radius 1 is 1.26 bits per heavy atom. The number of hydrogen-bond acceptors (Lipinski definition) is 4. The molecule has 1 atom stereocenters.